The van der Waals surface area contributed by atoms with Gasteiger partial charge in [-0.3, -0.25) is 9.59 Å². The van der Waals surface area contributed by atoms with Crippen molar-refractivity contribution in [3.8, 4) is 23.0 Å². The average molecular weight is 679 g/mol. The van der Waals surface area contributed by atoms with E-state index in [0.29, 0.717) is 34.1 Å². The molecule has 0 aromatic heterocycles. The molecule has 4 aliphatic rings. The van der Waals surface area contributed by atoms with Gasteiger partial charge in [0.2, 0.25) is 0 Å². The second-order valence-electron chi connectivity index (χ2n) is 12.6. The summed E-state index contributed by atoms with van der Waals surface area (Å²) in [6.07, 6.45) is 1.17. The molecule has 0 fully saturated rings. The standard InChI is InChI=1S/2C19H21N3O3/c2*1-24-15-7-6-11(10-16(15)25-2)18-21-19(23)13-5-3-4-12-14(20)8-9-22(18)17(12)13/h2*3-7,10,14,18H,8-9,20H2,1-2H3,(H,21,23)/t2*14-,18-/m10/s1. The summed E-state index contributed by atoms with van der Waals surface area (Å²) in [4.78, 5) is 29.8. The Balaban J connectivity index is 0.000000157. The van der Waals surface area contributed by atoms with Gasteiger partial charge in [-0.1, -0.05) is 36.4 Å². The first-order chi connectivity index (χ1) is 24.3. The van der Waals surface area contributed by atoms with Crippen molar-refractivity contribution >= 4 is 23.2 Å². The molecule has 4 aromatic carbocycles. The molecular formula is C38H42N6O6. The van der Waals surface area contributed by atoms with Crippen LogP contribution in [0.3, 0.4) is 0 Å². The lowest BCUT2D eigenvalue weighted by Gasteiger charge is -2.44. The highest BCUT2D eigenvalue weighted by molar-refractivity contribution is 6.04. The van der Waals surface area contributed by atoms with E-state index >= 15 is 0 Å². The lowest BCUT2D eigenvalue weighted by molar-refractivity contribution is 0.0916. The predicted molar refractivity (Wildman–Crippen MR) is 190 cm³/mol. The third kappa shape index (κ3) is 5.60. The number of amides is 2. The molecule has 12 heteroatoms. The highest BCUT2D eigenvalue weighted by atomic mass is 16.5. The second-order valence-corrected chi connectivity index (χ2v) is 12.6. The van der Waals surface area contributed by atoms with Gasteiger partial charge in [0.15, 0.2) is 23.0 Å². The Morgan fingerprint density at radius 1 is 0.580 bits per heavy atom. The van der Waals surface area contributed by atoms with Crippen LogP contribution >= 0.6 is 0 Å². The van der Waals surface area contributed by atoms with Crippen molar-refractivity contribution < 1.29 is 28.5 Å². The highest BCUT2D eigenvalue weighted by Gasteiger charge is 2.39. The number of anilines is 2. The summed E-state index contributed by atoms with van der Waals surface area (Å²) >= 11 is 0. The Morgan fingerprint density at radius 3 is 1.36 bits per heavy atom. The minimum atomic E-state index is -0.256. The number of hydrogen-bond acceptors (Lipinski definition) is 10. The number of carbonyl (C=O) groups is 2. The number of nitrogens with one attached hydrogen (secondary N) is 2. The summed E-state index contributed by atoms with van der Waals surface area (Å²) in [6.45, 7) is 1.56. The Hall–Kier alpha value is -5.46. The molecular weight excluding hydrogens is 636 g/mol. The van der Waals surface area contributed by atoms with Crippen LogP contribution in [-0.2, 0) is 0 Å². The zero-order valence-corrected chi connectivity index (χ0v) is 28.6. The number of carbonyl (C=O) groups excluding carboxylic acids is 2. The van der Waals surface area contributed by atoms with Gasteiger partial charge < -0.3 is 50.8 Å². The monoisotopic (exact) mass is 678 g/mol. The Morgan fingerprint density at radius 2 is 0.980 bits per heavy atom. The van der Waals surface area contributed by atoms with Gasteiger partial charge in [-0.05, 0) is 71.5 Å². The Labute approximate surface area is 291 Å². The van der Waals surface area contributed by atoms with Gasteiger partial charge >= 0.3 is 0 Å². The van der Waals surface area contributed by atoms with E-state index in [2.05, 4.69) is 20.4 Å². The largest absolute Gasteiger partial charge is 0.493 e. The van der Waals surface area contributed by atoms with Crippen molar-refractivity contribution in [3.05, 3.63) is 106 Å². The van der Waals surface area contributed by atoms with Crippen molar-refractivity contribution in [3.63, 3.8) is 0 Å². The average Bonchev–Trinajstić information content (AvgIpc) is 3.15. The zero-order chi connectivity index (χ0) is 35.1. The molecule has 50 heavy (non-hydrogen) atoms. The maximum Gasteiger partial charge on any atom is 0.255 e. The summed E-state index contributed by atoms with van der Waals surface area (Å²) in [6, 6.07) is 22.9. The third-order valence-electron chi connectivity index (χ3n) is 9.96. The number of nitrogens with two attached hydrogens (primary N) is 2. The molecule has 4 aliphatic heterocycles. The number of nitrogens with zero attached hydrogens (tertiary/aromatic N) is 2. The summed E-state index contributed by atoms with van der Waals surface area (Å²) < 4.78 is 21.4. The van der Waals surface area contributed by atoms with Crippen LogP contribution in [0.15, 0.2) is 72.8 Å². The lowest BCUT2D eigenvalue weighted by Crippen LogP contribution is -2.49. The lowest BCUT2D eigenvalue weighted by atomic mass is 9.90. The molecule has 4 heterocycles. The first kappa shape index (κ1) is 33.1. The van der Waals surface area contributed by atoms with Gasteiger partial charge in [-0.2, -0.15) is 0 Å². The summed E-state index contributed by atoms with van der Waals surface area (Å²) in [5.74, 6) is 2.44. The van der Waals surface area contributed by atoms with Gasteiger partial charge in [0.05, 0.1) is 50.9 Å². The van der Waals surface area contributed by atoms with Crippen LogP contribution in [0, 0.1) is 0 Å². The van der Waals surface area contributed by atoms with Crippen LogP contribution in [0.1, 0.15) is 80.2 Å². The van der Waals surface area contributed by atoms with Crippen molar-refractivity contribution in [2.24, 2.45) is 11.5 Å². The fraction of sp³-hybridized carbons (Fsp3) is 0.316. The molecule has 6 N–H and O–H groups in total. The van der Waals surface area contributed by atoms with Crippen molar-refractivity contribution in [1.29, 1.82) is 0 Å². The molecule has 12 nitrogen and oxygen atoms in total. The number of benzene rings is 4. The van der Waals surface area contributed by atoms with Crippen LogP contribution in [0.5, 0.6) is 23.0 Å². The highest BCUT2D eigenvalue weighted by Crippen LogP contribution is 2.44. The molecule has 4 atom stereocenters. The van der Waals surface area contributed by atoms with E-state index in [1.54, 1.807) is 28.4 Å². The number of para-hydroxylation sites is 2. The summed E-state index contributed by atoms with van der Waals surface area (Å²) in [5.41, 5.74) is 19.8. The number of hydrogen-bond donors (Lipinski definition) is 4. The number of methoxy groups -OCH3 is 4. The maximum absolute atomic E-state index is 12.7. The molecule has 260 valence electrons. The molecule has 4 aromatic rings. The van der Waals surface area contributed by atoms with Crippen LogP contribution in [-0.4, -0.2) is 53.3 Å². The fourth-order valence-corrected chi connectivity index (χ4v) is 7.47. The molecule has 0 spiro atoms. The molecule has 0 radical (unpaired) electrons. The quantitative estimate of drug-likeness (QED) is 0.226. The van der Waals surface area contributed by atoms with Crippen molar-refractivity contribution in [2.45, 2.75) is 37.3 Å². The Bertz CT molecular complexity index is 1810. The maximum atomic E-state index is 12.7. The minimum Gasteiger partial charge on any atom is -0.493 e. The van der Waals surface area contributed by atoms with Crippen molar-refractivity contribution in [1.82, 2.24) is 10.6 Å². The third-order valence-corrected chi connectivity index (χ3v) is 9.96. The normalized spacial score (nSPS) is 21.4. The van der Waals surface area contributed by atoms with E-state index in [9.17, 15) is 9.59 Å². The molecule has 2 amide bonds. The first-order valence-electron chi connectivity index (χ1n) is 16.6. The van der Waals surface area contributed by atoms with Crippen LogP contribution in [0.25, 0.3) is 0 Å². The molecule has 0 bridgehead atoms. The summed E-state index contributed by atoms with van der Waals surface area (Å²) in [5, 5.41) is 6.21. The van der Waals surface area contributed by atoms with E-state index in [0.717, 1.165) is 59.6 Å². The number of ether oxygens (including phenoxy) is 4. The van der Waals surface area contributed by atoms with E-state index in [4.69, 9.17) is 30.4 Å². The van der Waals surface area contributed by atoms with Crippen molar-refractivity contribution in [2.75, 3.05) is 51.3 Å². The van der Waals surface area contributed by atoms with Crippen LogP contribution in [0.4, 0.5) is 11.4 Å². The van der Waals surface area contributed by atoms with Gasteiger partial charge in [-0.25, -0.2) is 0 Å². The Kier molecular flexibility index (Phi) is 8.89. The zero-order valence-electron chi connectivity index (χ0n) is 28.6. The van der Waals surface area contributed by atoms with E-state index < -0.39 is 0 Å². The topological polar surface area (TPSA) is 154 Å². The minimum absolute atomic E-state index is 0.0387. The predicted octanol–water partition coefficient (Wildman–Crippen LogP) is 4.71. The fourth-order valence-electron chi connectivity index (χ4n) is 7.47. The second kappa shape index (κ2) is 13.4. The van der Waals surface area contributed by atoms with Gasteiger partial charge in [0.1, 0.15) is 12.3 Å². The first-order valence-corrected chi connectivity index (χ1v) is 16.6. The van der Waals surface area contributed by atoms with E-state index in [1.807, 2.05) is 72.8 Å². The summed E-state index contributed by atoms with van der Waals surface area (Å²) in [7, 11) is 6.42. The SMILES string of the molecule is COc1ccc([C@@H]2NC(=O)c3cccc4c3N2CC[C@H]4N)cc1OC.COc1ccc([C@H]2NC(=O)c3cccc4c3N2CC[C@@H]4N)cc1OC. The van der Waals surface area contributed by atoms with E-state index in [-0.39, 0.29) is 36.2 Å². The molecule has 0 aliphatic carbocycles. The number of rotatable bonds is 6. The van der Waals surface area contributed by atoms with Crippen LogP contribution in [0.2, 0.25) is 0 Å². The van der Waals surface area contributed by atoms with Gasteiger partial charge in [-0.15, -0.1) is 0 Å². The van der Waals surface area contributed by atoms with Crippen LogP contribution < -0.4 is 50.8 Å². The smallest absolute Gasteiger partial charge is 0.255 e. The van der Waals surface area contributed by atoms with Gasteiger partial charge in [0.25, 0.3) is 11.8 Å². The van der Waals surface area contributed by atoms with Gasteiger partial charge in [0, 0.05) is 25.2 Å². The molecule has 0 unspecified atom stereocenters. The molecule has 8 rings (SSSR count). The molecule has 0 saturated heterocycles. The van der Waals surface area contributed by atoms with E-state index in [1.165, 1.54) is 0 Å². The molecule has 0 saturated carbocycles.